The van der Waals surface area contributed by atoms with E-state index in [4.69, 9.17) is 9.63 Å². The molecule has 0 bridgehead atoms. The molecule has 0 spiro atoms. The highest BCUT2D eigenvalue weighted by Gasteiger charge is 2.31. The molecule has 1 N–H and O–H groups in total. The van der Waals surface area contributed by atoms with E-state index < -0.39 is 5.97 Å². The molecular formula is C14H20N2O4. The van der Waals surface area contributed by atoms with Crippen molar-refractivity contribution in [2.45, 2.75) is 39.2 Å². The van der Waals surface area contributed by atoms with Gasteiger partial charge in [-0.15, -0.1) is 0 Å². The number of aromatic nitrogens is 1. The molecular weight excluding hydrogens is 260 g/mol. The van der Waals surface area contributed by atoms with Crippen LogP contribution in [0.1, 0.15) is 37.1 Å². The number of aliphatic carboxylic acids is 1. The lowest BCUT2D eigenvalue weighted by Crippen LogP contribution is -2.35. The Balaban J connectivity index is 1.86. The van der Waals surface area contributed by atoms with Crippen molar-refractivity contribution in [3.63, 3.8) is 0 Å². The Morgan fingerprint density at radius 1 is 1.35 bits per heavy atom. The van der Waals surface area contributed by atoms with Gasteiger partial charge in [0, 0.05) is 19.0 Å². The zero-order chi connectivity index (χ0) is 14.7. The first-order valence-electron chi connectivity index (χ1n) is 6.87. The van der Waals surface area contributed by atoms with Gasteiger partial charge in [0.1, 0.15) is 11.5 Å². The Kier molecular flexibility index (Phi) is 4.42. The number of carboxylic acid groups (broad SMARTS) is 1. The van der Waals surface area contributed by atoms with Crippen LogP contribution in [-0.4, -0.2) is 34.1 Å². The summed E-state index contributed by atoms with van der Waals surface area (Å²) >= 11 is 0. The summed E-state index contributed by atoms with van der Waals surface area (Å²) in [6, 6.07) is 1.81. The van der Waals surface area contributed by atoms with E-state index in [9.17, 15) is 9.59 Å². The molecule has 1 heterocycles. The van der Waals surface area contributed by atoms with Crippen molar-refractivity contribution < 1.29 is 19.2 Å². The Labute approximate surface area is 117 Å². The van der Waals surface area contributed by atoms with Gasteiger partial charge in [0.05, 0.1) is 12.5 Å². The summed E-state index contributed by atoms with van der Waals surface area (Å²) < 4.78 is 4.98. The molecule has 6 nitrogen and oxygen atoms in total. The molecule has 0 aromatic carbocycles. The molecule has 110 valence electrons. The van der Waals surface area contributed by atoms with Crippen LogP contribution in [0.2, 0.25) is 0 Å². The lowest BCUT2D eigenvalue weighted by molar-refractivity contribution is -0.145. The molecule has 1 saturated carbocycles. The largest absolute Gasteiger partial charge is 0.481 e. The smallest absolute Gasteiger partial charge is 0.306 e. The zero-order valence-corrected chi connectivity index (χ0v) is 11.8. The van der Waals surface area contributed by atoms with Crippen molar-refractivity contribution in [3.05, 3.63) is 17.5 Å². The van der Waals surface area contributed by atoms with Gasteiger partial charge >= 0.3 is 5.97 Å². The van der Waals surface area contributed by atoms with Crippen LogP contribution in [-0.2, 0) is 16.1 Å². The van der Waals surface area contributed by atoms with E-state index in [-0.39, 0.29) is 17.7 Å². The van der Waals surface area contributed by atoms with Crippen molar-refractivity contribution in [2.75, 3.05) is 7.05 Å². The van der Waals surface area contributed by atoms with Crippen LogP contribution in [0.4, 0.5) is 0 Å². The van der Waals surface area contributed by atoms with Crippen LogP contribution in [0, 0.1) is 18.8 Å². The lowest BCUT2D eigenvalue weighted by atomic mass is 9.81. The first-order chi connectivity index (χ1) is 9.47. The van der Waals surface area contributed by atoms with Gasteiger partial charge in [-0.2, -0.15) is 0 Å². The minimum atomic E-state index is -0.748. The fourth-order valence-corrected chi connectivity index (χ4v) is 2.71. The molecule has 1 aliphatic carbocycles. The second kappa shape index (κ2) is 6.07. The van der Waals surface area contributed by atoms with Gasteiger partial charge in [0.15, 0.2) is 0 Å². The Bertz CT molecular complexity index is 489. The summed E-state index contributed by atoms with van der Waals surface area (Å²) in [7, 11) is 1.75. The predicted octanol–water partition coefficient (Wildman–Crippen LogP) is 1.83. The predicted molar refractivity (Wildman–Crippen MR) is 70.8 cm³/mol. The van der Waals surface area contributed by atoms with Crippen molar-refractivity contribution in [1.82, 2.24) is 10.1 Å². The highest BCUT2D eigenvalue weighted by Crippen LogP contribution is 2.30. The number of carbonyl (C=O) groups excluding carboxylic acids is 1. The third-order valence-electron chi connectivity index (χ3n) is 3.88. The van der Waals surface area contributed by atoms with Gasteiger partial charge < -0.3 is 14.5 Å². The van der Waals surface area contributed by atoms with E-state index in [0.29, 0.717) is 32.2 Å². The third-order valence-corrected chi connectivity index (χ3v) is 3.88. The van der Waals surface area contributed by atoms with E-state index in [1.54, 1.807) is 11.9 Å². The molecule has 0 atom stereocenters. The minimum Gasteiger partial charge on any atom is -0.481 e. The van der Waals surface area contributed by atoms with Crippen LogP contribution in [0.5, 0.6) is 0 Å². The van der Waals surface area contributed by atoms with E-state index in [1.165, 1.54) is 0 Å². The Hall–Kier alpha value is -1.85. The first kappa shape index (κ1) is 14.6. The maximum atomic E-state index is 12.3. The average molecular weight is 280 g/mol. The first-order valence-corrected chi connectivity index (χ1v) is 6.87. The van der Waals surface area contributed by atoms with Crippen LogP contribution in [0.15, 0.2) is 10.6 Å². The number of aryl methyl sites for hydroxylation is 1. The molecule has 1 aromatic rings. The van der Waals surface area contributed by atoms with E-state index in [0.717, 1.165) is 11.5 Å². The molecule has 0 radical (unpaired) electrons. The highest BCUT2D eigenvalue weighted by atomic mass is 16.5. The van der Waals surface area contributed by atoms with E-state index in [1.807, 2.05) is 13.0 Å². The van der Waals surface area contributed by atoms with E-state index >= 15 is 0 Å². The van der Waals surface area contributed by atoms with Gasteiger partial charge in [-0.1, -0.05) is 5.16 Å². The molecule has 1 aliphatic rings. The maximum Gasteiger partial charge on any atom is 0.306 e. The Morgan fingerprint density at radius 3 is 2.45 bits per heavy atom. The topological polar surface area (TPSA) is 83.6 Å². The van der Waals surface area contributed by atoms with Crippen molar-refractivity contribution in [3.8, 4) is 0 Å². The van der Waals surface area contributed by atoms with Crippen molar-refractivity contribution in [2.24, 2.45) is 11.8 Å². The summed E-state index contributed by atoms with van der Waals surface area (Å²) in [5.74, 6) is -0.314. The van der Waals surface area contributed by atoms with Crippen LogP contribution >= 0.6 is 0 Å². The molecule has 1 fully saturated rings. The third kappa shape index (κ3) is 3.37. The Morgan fingerprint density at radius 2 is 1.95 bits per heavy atom. The molecule has 0 aliphatic heterocycles. The number of carboxylic acids is 1. The second-order valence-corrected chi connectivity index (χ2v) is 5.51. The summed E-state index contributed by atoms with van der Waals surface area (Å²) in [5, 5.41) is 12.8. The molecule has 0 saturated heterocycles. The molecule has 2 rings (SSSR count). The summed E-state index contributed by atoms with van der Waals surface area (Å²) in [6.07, 6.45) is 2.47. The number of carbonyl (C=O) groups is 2. The number of rotatable bonds is 4. The molecule has 0 unspecified atom stereocenters. The van der Waals surface area contributed by atoms with Gasteiger partial charge in [-0.05, 0) is 32.6 Å². The molecule has 1 aromatic heterocycles. The molecule has 1 amide bonds. The van der Waals surface area contributed by atoms with Gasteiger partial charge in [0.25, 0.3) is 0 Å². The maximum absolute atomic E-state index is 12.3. The monoisotopic (exact) mass is 280 g/mol. The van der Waals surface area contributed by atoms with Crippen LogP contribution in [0.3, 0.4) is 0 Å². The normalized spacial score (nSPS) is 22.5. The quantitative estimate of drug-likeness (QED) is 0.909. The number of amides is 1. The number of hydrogen-bond donors (Lipinski definition) is 1. The minimum absolute atomic E-state index is 0.0643. The van der Waals surface area contributed by atoms with Crippen LogP contribution < -0.4 is 0 Å². The average Bonchev–Trinajstić information content (AvgIpc) is 2.83. The zero-order valence-electron chi connectivity index (χ0n) is 11.8. The molecule has 6 heteroatoms. The van der Waals surface area contributed by atoms with Gasteiger partial charge in [0.2, 0.25) is 5.91 Å². The highest BCUT2D eigenvalue weighted by molar-refractivity contribution is 5.79. The van der Waals surface area contributed by atoms with Gasteiger partial charge in [-0.3, -0.25) is 9.59 Å². The molecule has 20 heavy (non-hydrogen) atoms. The second-order valence-electron chi connectivity index (χ2n) is 5.51. The standard InChI is InChI=1S/C14H20N2O4/c1-9-7-12(15-20-9)8-16(2)13(17)10-3-5-11(6-4-10)14(18)19/h7,10-11H,3-6,8H2,1-2H3,(H,18,19). The SMILES string of the molecule is Cc1cc(CN(C)C(=O)C2CCC(C(=O)O)CC2)no1. The number of nitrogens with zero attached hydrogens (tertiary/aromatic N) is 2. The number of hydrogen-bond acceptors (Lipinski definition) is 4. The van der Waals surface area contributed by atoms with E-state index in [2.05, 4.69) is 5.16 Å². The summed E-state index contributed by atoms with van der Waals surface area (Å²) in [5.41, 5.74) is 0.734. The lowest BCUT2D eigenvalue weighted by Gasteiger charge is -2.28. The van der Waals surface area contributed by atoms with Crippen molar-refractivity contribution in [1.29, 1.82) is 0 Å². The van der Waals surface area contributed by atoms with Crippen LogP contribution in [0.25, 0.3) is 0 Å². The fourth-order valence-electron chi connectivity index (χ4n) is 2.71. The van der Waals surface area contributed by atoms with Gasteiger partial charge in [-0.25, -0.2) is 0 Å². The summed E-state index contributed by atoms with van der Waals surface area (Å²) in [6.45, 7) is 2.24. The fraction of sp³-hybridized carbons (Fsp3) is 0.643. The van der Waals surface area contributed by atoms with Crippen molar-refractivity contribution >= 4 is 11.9 Å². The summed E-state index contributed by atoms with van der Waals surface area (Å²) in [4.78, 5) is 24.8.